The summed E-state index contributed by atoms with van der Waals surface area (Å²) in [6.07, 6.45) is 2.30. The molecule has 2 aromatic rings. The Hall–Kier alpha value is -2.45. The van der Waals surface area contributed by atoms with Crippen LogP contribution in [0.1, 0.15) is 35.3 Å². The highest BCUT2D eigenvalue weighted by Crippen LogP contribution is 2.29. The van der Waals surface area contributed by atoms with Crippen LogP contribution in [0.5, 0.6) is 0 Å². The first-order valence-corrected chi connectivity index (χ1v) is 10.8. The fourth-order valence-corrected chi connectivity index (χ4v) is 3.69. The normalized spacial score (nSPS) is 13.4. The first kappa shape index (κ1) is 21.3. The number of amides is 2. The molecule has 0 unspecified atom stereocenters. The summed E-state index contributed by atoms with van der Waals surface area (Å²) in [5.74, 6) is -0.118. The zero-order valence-corrected chi connectivity index (χ0v) is 18.1. The molecule has 1 aliphatic carbocycles. The second-order valence-corrected chi connectivity index (χ2v) is 8.52. The van der Waals surface area contributed by atoms with Gasteiger partial charge in [-0.1, -0.05) is 12.1 Å². The van der Waals surface area contributed by atoms with Gasteiger partial charge in [-0.15, -0.1) is 11.3 Å². The summed E-state index contributed by atoms with van der Waals surface area (Å²) >= 11 is 1.41. The van der Waals surface area contributed by atoms with E-state index in [-0.39, 0.29) is 17.9 Å². The molecule has 1 heterocycles. The highest BCUT2D eigenvalue weighted by Gasteiger charge is 2.34. The van der Waals surface area contributed by atoms with E-state index in [1.165, 1.54) is 11.3 Å². The minimum Gasteiger partial charge on any atom is -0.355 e. The molecular formula is C21H29N5O2S. The third kappa shape index (κ3) is 6.54. The van der Waals surface area contributed by atoms with E-state index in [0.717, 1.165) is 30.6 Å². The Balaban J connectivity index is 1.55. The summed E-state index contributed by atoms with van der Waals surface area (Å²) < 4.78 is 0. The van der Waals surface area contributed by atoms with Crippen LogP contribution in [0.4, 0.5) is 10.8 Å². The minimum atomic E-state index is -0.0952. The van der Waals surface area contributed by atoms with E-state index >= 15 is 0 Å². The molecular weight excluding hydrogens is 386 g/mol. The van der Waals surface area contributed by atoms with Crippen molar-refractivity contribution in [1.82, 2.24) is 20.1 Å². The van der Waals surface area contributed by atoms with Gasteiger partial charge in [0, 0.05) is 43.2 Å². The lowest BCUT2D eigenvalue weighted by Crippen LogP contribution is -2.38. The minimum absolute atomic E-state index is 0.0228. The molecule has 1 fully saturated rings. The van der Waals surface area contributed by atoms with Crippen LogP contribution in [-0.2, 0) is 4.79 Å². The van der Waals surface area contributed by atoms with Crippen LogP contribution in [0, 0.1) is 6.92 Å². The zero-order valence-electron chi connectivity index (χ0n) is 17.3. The van der Waals surface area contributed by atoms with Crippen molar-refractivity contribution in [3.8, 4) is 0 Å². The van der Waals surface area contributed by atoms with Crippen LogP contribution in [-0.4, -0.2) is 66.4 Å². The van der Waals surface area contributed by atoms with Crippen molar-refractivity contribution in [2.24, 2.45) is 0 Å². The molecule has 0 bridgehead atoms. The quantitative estimate of drug-likeness (QED) is 0.624. The summed E-state index contributed by atoms with van der Waals surface area (Å²) in [5, 5.41) is 8.63. The van der Waals surface area contributed by atoms with Gasteiger partial charge in [-0.25, -0.2) is 4.98 Å². The van der Waals surface area contributed by atoms with Gasteiger partial charge >= 0.3 is 0 Å². The Labute approximate surface area is 176 Å². The molecule has 0 aliphatic heterocycles. The van der Waals surface area contributed by atoms with Crippen LogP contribution >= 0.6 is 11.3 Å². The number of rotatable bonds is 10. The topological polar surface area (TPSA) is 77.6 Å². The van der Waals surface area contributed by atoms with Crippen LogP contribution in [0.2, 0.25) is 0 Å². The fourth-order valence-electron chi connectivity index (χ4n) is 2.99. The van der Waals surface area contributed by atoms with Crippen molar-refractivity contribution < 1.29 is 9.59 Å². The maximum Gasteiger partial charge on any atom is 0.273 e. The number of nitrogens with one attached hydrogen (secondary N) is 2. The Morgan fingerprint density at radius 2 is 2.03 bits per heavy atom. The molecule has 0 radical (unpaired) electrons. The predicted molar refractivity (Wildman–Crippen MR) is 117 cm³/mol. The number of aromatic nitrogens is 1. The monoisotopic (exact) mass is 415 g/mol. The number of carbonyl (C=O) groups is 2. The van der Waals surface area contributed by atoms with Crippen molar-refractivity contribution in [3.05, 3.63) is 40.9 Å². The average molecular weight is 416 g/mol. The van der Waals surface area contributed by atoms with Gasteiger partial charge in [-0.3, -0.25) is 9.59 Å². The third-order valence-electron chi connectivity index (χ3n) is 4.70. The first-order chi connectivity index (χ1) is 13.9. The number of hydrogen-bond donors (Lipinski definition) is 2. The second kappa shape index (κ2) is 9.84. The number of hydrogen-bond acceptors (Lipinski definition) is 6. The van der Waals surface area contributed by atoms with Crippen LogP contribution in [0.25, 0.3) is 0 Å². The number of nitrogens with zero attached hydrogens (tertiary/aromatic N) is 3. The molecule has 7 nitrogen and oxygen atoms in total. The van der Waals surface area contributed by atoms with Crippen molar-refractivity contribution >= 4 is 34.0 Å². The summed E-state index contributed by atoms with van der Waals surface area (Å²) in [4.78, 5) is 33.3. The smallest absolute Gasteiger partial charge is 0.273 e. The molecule has 0 atom stereocenters. The molecule has 1 saturated carbocycles. The summed E-state index contributed by atoms with van der Waals surface area (Å²) in [5.41, 5.74) is 2.54. The van der Waals surface area contributed by atoms with Gasteiger partial charge < -0.3 is 20.4 Å². The average Bonchev–Trinajstić information content (AvgIpc) is 3.39. The van der Waals surface area contributed by atoms with E-state index in [2.05, 4.69) is 15.6 Å². The van der Waals surface area contributed by atoms with Gasteiger partial charge in [0.15, 0.2) is 5.13 Å². The van der Waals surface area contributed by atoms with Crippen LogP contribution in [0.3, 0.4) is 0 Å². The standard InChI is InChI=1S/C21H29N5O2S/c1-15-5-4-6-16(13-15)23-21-24-18(14-29-21)20(28)26(17-7-8-17)11-9-19(27)22-10-12-25(2)3/h4-6,13-14,17H,7-12H2,1-3H3,(H,22,27)(H,23,24). The molecule has 1 aliphatic rings. The number of carbonyl (C=O) groups excluding carboxylic acids is 2. The SMILES string of the molecule is Cc1cccc(Nc2nc(C(=O)N(CCC(=O)NCCN(C)C)C3CC3)cs2)c1. The number of aryl methyl sites for hydroxylation is 1. The largest absolute Gasteiger partial charge is 0.355 e. The molecule has 29 heavy (non-hydrogen) atoms. The number of likely N-dealkylation sites (N-methyl/N-ethyl adjacent to an activating group) is 1. The van der Waals surface area contributed by atoms with E-state index in [9.17, 15) is 9.59 Å². The lowest BCUT2D eigenvalue weighted by Gasteiger charge is -2.21. The molecule has 2 amide bonds. The van der Waals surface area contributed by atoms with Gasteiger partial charge in [0.1, 0.15) is 5.69 Å². The molecule has 3 rings (SSSR count). The number of thiazole rings is 1. The summed E-state index contributed by atoms with van der Waals surface area (Å²) in [7, 11) is 3.94. The fraction of sp³-hybridized carbons (Fsp3) is 0.476. The lowest BCUT2D eigenvalue weighted by molar-refractivity contribution is -0.121. The summed E-state index contributed by atoms with van der Waals surface area (Å²) in [6, 6.07) is 8.25. The van der Waals surface area contributed by atoms with Crippen molar-refractivity contribution in [3.63, 3.8) is 0 Å². The maximum atomic E-state index is 13.0. The lowest BCUT2D eigenvalue weighted by atomic mass is 10.2. The molecule has 2 N–H and O–H groups in total. The van der Waals surface area contributed by atoms with Gasteiger partial charge in [-0.2, -0.15) is 0 Å². The van der Waals surface area contributed by atoms with Crippen molar-refractivity contribution in [2.45, 2.75) is 32.2 Å². The maximum absolute atomic E-state index is 13.0. The van der Waals surface area contributed by atoms with Crippen molar-refractivity contribution in [1.29, 1.82) is 0 Å². The van der Waals surface area contributed by atoms with Crippen LogP contribution < -0.4 is 10.6 Å². The first-order valence-electron chi connectivity index (χ1n) is 9.94. The van der Waals surface area contributed by atoms with Crippen molar-refractivity contribution in [2.75, 3.05) is 39.0 Å². The molecule has 0 spiro atoms. The van der Waals surface area contributed by atoms with Gasteiger partial charge in [0.25, 0.3) is 5.91 Å². The Kier molecular flexibility index (Phi) is 7.22. The molecule has 1 aromatic carbocycles. The number of anilines is 2. The van der Waals surface area contributed by atoms with Crippen LogP contribution in [0.15, 0.2) is 29.6 Å². The van der Waals surface area contributed by atoms with E-state index in [1.807, 2.05) is 50.2 Å². The highest BCUT2D eigenvalue weighted by atomic mass is 32.1. The van der Waals surface area contributed by atoms with Gasteiger partial charge in [0.05, 0.1) is 0 Å². The second-order valence-electron chi connectivity index (χ2n) is 7.67. The van der Waals surface area contributed by atoms with Gasteiger partial charge in [0.2, 0.25) is 5.91 Å². The van der Waals surface area contributed by atoms with E-state index < -0.39 is 0 Å². The van der Waals surface area contributed by atoms with E-state index in [0.29, 0.717) is 30.3 Å². The Morgan fingerprint density at radius 1 is 1.24 bits per heavy atom. The Bertz CT molecular complexity index is 847. The predicted octanol–water partition coefficient (Wildman–Crippen LogP) is 2.87. The third-order valence-corrected chi connectivity index (χ3v) is 5.46. The molecule has 0 saturated heterocycles. The Morgan fingerprint density at radius 3 is 2.72 bits per heavy atom. The van der Waals surface area contributed by atoms with Gasteiger partial charge in [-0.05, 0) is 51.6 Å². The summed E-state index contributed by atoms with van der Waals surface area (Å²) in [6.45, 7) is 3.87. The van der Waals surface area contributed by atoms with E-state index in [1.54, 1.807) is 10.3 Å². The number of benzene rings is 1. The molecule has 1 aromatic heterocycles. The highest BCUT2D eigenvalue weighted by molar-refractivity contribution is 7.14. The van der Waals surface area contributed by atoms with E-state index in [4.69, 9.17) is 0 Å². The molecule has 8 heteroatoms. The molecule has 156 valence electrons. The zero-order chi connectivity index (χ0) is 20.8.